The number of esters is 1. The van der Waals surface area contributed by atoms with Crippen LogP contribution >= 0.6 is 0 Å². The summed E-state index contributed by atoms with van der Waals surface area (Å²) in [5.74, 6) is 0.372. The molecule has 128 valence electrons. The van der Waals surface area contributed by atoms with Gasteiger partial charge < -0.3 is 9.64 Å². The maximum atomic E-state index is 13.7. The third kappa shape index (κ3) is 2.92. The zero-order valence-electron chi connectivity index (χ0n) is 14.3. The van der Waals surface area contributed by atoms with Gasteiger partial charge in [0.25, 0.3) is 0 Å². The predicted molar refractivity (Wildman–Crippen MR) is 90.2 cm³/mol. The Balaban J connectivity index is 1.93. The zero-order chi connectivity index (χ0) is 17.3. The average molecular weight is 331 g/mol. The second kappa shape index (κ2) is 6.34. The maximum Gasteiger partial charge on any atom is 0.311 e. The first-order valence-electron chi connectivity index (χ1n) is 8.17. The van der Waals surface area contributed by atoms with Gasteiger partial charge in [0.1, 0.15) is 18.0 Å². The lowest BCUT2D eigenvalue weighted by Gasteiger charge is -2.40. The summed E-state index contributed by atoms with van der Waals surface area (Å²) in [5, 5.41) is 0.703. The van der Waals surface area contributed by atoms with Crippen molar-refractivity contribution in [3.05, 3.63) is 30.3 Å². The number of fused-ring (bicyclic) bond motifs is 1. The molecule has 1 aliphatic rings. The highest BCUT2D eigenvalue weighted by molar-refractivity contribution is 5.89. The molecule has 0 spiro atoms. The van der Waals surface area contributed by atoms with Gasteiger partial charge in [-0.2, -0.15) is 0 Å². The number of carbonyl (C=O) groups excluding carboxylic acids is 1. The van der Waals surface area contributed by atoms with Gasteiger partial charge in [-0.3, -0.25) is 4.79 Å². The van der Waals surface area contributed by atoms with Gasteiger partial charge in [-0.25, -0.2) is 14.4 Å². The van der Waals surface area contributed by atoms with Gasteiger partial charge in [0.2, 0.25) is 0 Å². The van der Waals surface area contributed by atoms with Crippen molar-refractivity contribution < 1.29 is 13.9 Å². The second-order valence-corrected chi connectivity index (χ2v) is 6.86. The number of ether oxygens (including phenoxy) is 1. The molecular weight excluding hydrogens is 309 g/mol. The molecule has 0 bridgehead atoms. The minimum atomic E-state index is -0.568. The predicted octanol–water partition coefficient (Wildman–Crippen LogP) is 3.18. The van der Waals surface area contributed by atoms with E-state index in [1.165, 1.54) is 25.6 Å². The van der Waals surface area contributed by atoms with Crippen LogP contribution in [0.5, 0.6) is 0 Å². The molecule has 1 unspecified atom stereocenters. The van der Waals surface area contributed by atoms with Crippen molar-refractivity contribution in [3.63, 3.8) is 0 Å². The first kappa shape index (κ1) is 16.6. The minimum absolute atomic E-state index is 0.150. The highest BCUT2D eigenvalue weighted by atomic mass is 19.1. The summed E-state index contributed by atoms with van der Waals surface area (Å²) >= 11 is 0. The van der Waals surface area contributed by atoms with Gasteiger partial charge in [0.15, 0.2) is 0 Å². The molecule has 0 amide bonds. The average Bonchev–Trinajstić information content (AvgIpc) is 2.60. The second-order valence-electron chi connectivity index (χ2n) is 6.86. The van der Waals surface area contributed by atoms with Gasteiger partial charge in [0.05, 0.1) is 18.0 Å². The van der Waals surface area contributed by atoms with Crippen molar-refractivity contribution in [3.8, 4) is 0 Å². The Hall–Kier alpha value is -2.24. The van der Waals surface area contributed by atoms with Crippen molar-refractivity contribution in [2.24, 2.45) is 11.3 Å². The van der Waals surface area contributed by atoms with Crippen LogP contribution in [-0.4, -0.2) is 36.1 Å². The van der Waals surface area contributed by atoms with E-state index < -0.39 is 5.41 Å². The molecule has 1 saturated heterocycles. The van der Waals surface area contributed by atoms with Gasteiger partial charge in [-0.1, -0.05) is 0 Å². The zero-order valence-corrected chi connectivity index (χ0v) is 14.3. The fourth-order valence-corrected chi connectivity index (χ4v) is 3.46. The number of benzene rings is 1. The fourth-order valence-electron chi connectivity index (χ4n) is 3.46. The summed E-state index contributed by atoms with van der Waals surface area (Å²) in [7, 11) is 1.42. The van der Waals surface area contributed by atoms with Crippen molar-refractivity contribution in [2.75, 3.05) is 25.1 Å². The summed E-state index contributed by atoms with van der Waals surface area (Å²) in [6.07, 6.45) is 3.41. The molecule has 0 N–H and O–H groups in total. The number of hydrogen-bond donors (Lipinski definition) is 0. The van der Waals surface area contributed by atoms with Crippen LogP contribution in [0.2, 0.25) is 0 Å². The number of methoxy groups -OCH3 is 1. The molecular formula is C18H22FN3O2. The van der Waals surface area contributed by atoms with Crippen LogP contribution in [-0.2, 0) is 9.53 Å². The highest BCUT2D eigenvalue weighted by Crippen LogP contribution is 2.37. The smallest absolute Gasteiger partial charge is 0.311 e. The van der Waals surface area contributed by atoms with Crippen LogP contribution in [0.25, 0.3) is 10.9 Å². The summed E-state index contributed by atoms with van der Waals surface area (Å²) in [6.45, 7) is 5.36. The molecule has 1 fully saturated rings. The molecule has 2 aromatic rings. The third-order valence-electron chi connectivity index (χ3n) is 5.03. The van der Waals surface area contributed by atoms with Crippen LogP contribution in [0.15, 0.2) is 24.5 Å². The van der Waals surface area contributed by atoms with Gasteiger partial charge in [-0.05, 0) is 50.8 Å². The Morgan fingerprint density at radius 2 is 2.17 bits per heavy atom. The van der Waals surface area contributed by atoms with Crippen LogP contribution in [0.3, 0.4) is 0 Å². The Bertz CT molecular complexity index is 763. The molecule has 5 nitrogen and oxygen atoms in total. The number of anilines is 1. The number of rotatable bonds is 3. The third-order valence-corrected chi connectivity index (χ3v) is 5.03. The number of halogens is 1. The van der Waals surface area contributed by atoms with E-state index in [-0.39, 0.29) is 17.7 Å². The summed E-state index contributed by atoms with van der Waals surface area (Å²) in [6, 6.07) is 4.54. The quantitative estimate of drug-likeness (QED) is 0.809. The van der Waals surface area contributed by atoms with Crippen LogP contribution in [0, 0.1) is 17.2 Å². The van der Waals surface area contributed by atoms with Crippen LogP contribution in [0.4, 0.5) is 10.2 Å². The summed E-state index contributed by atoms with van der Waals surface area (Å²) in [5.41, 5.74) is 0.150. The highest BCUT2D eigenvalue weighted by Gasteiger charge is 2.40. The van der Waals surface area contributed by atoms with Crippen molar-refractivity contribution >= 4 is 22.7 Å². The number of nitrogens with zero attached hydrogens (tertiary/aromatic N) is 3. The number of piperidine rings is 1. The summed E-state index contributed by atoms with van der Waals surface area (Å²) in [4.78, 5) is 22.8. The molecule has 6 heteroatoms. The van der Waals surface area contributed by atoms with E-state index in [4.69, 9.17) is 4.74 Å². The van der Waals surface area contributed by atoms with E-state index in [0.717, 1.165) is 30.7 Å². The monoisotopic (exact) mass is 331 g/mol. The molecule has 1 aromatic carbocycles. The normalized spacial score (nSPS) is 18.7. The standard InChI is InChI=1S/C18H22FN3O2/c1-18(2,17(23)24-3)12-5-4-8-22(10-12)16-14-9-13(19)6-7-15(14)20-11-21-16/h6-7,9,11-12H,4-5,8,10H2,1-3H3. The topological polar surface area (TPSA) is 55.3 Å². The molecule has 0 aliphatic carbocycles. The van der Waals surface area contributed by atoms with Crippen molar-refractivity contribution in [1.29, 1.82) is 0 Å². The fraction of sp³-hybridized carbons (Fsp3) is 0.500. The molecule has 1 aromatic heterocycles. The Labute approximate surface area is 140 Å². The first-order chi connectivity index (χ1) is 11.4. The number of hydrogen-bond acceptors (Lipinski definition) is 5. The van der Waals surface area contributed by atoms with E-state index in [0.29, 0.717) is 11.9 Å². The van der Waals surface area contributed by atoms with Gasteiger partial charge >= 0.3 is 5.97 Å². The lowest BCUT2D eigenvalue weighted by Crippen LogP contribution is -2.45. The van der Waals surface area contributed by atoms with E-state index in [1.54, 1.807) is 6.07 Å². The molecule has 1 atom stereocenters. The van der Waals surface area contributed by atoms with Gasteiger partial charge in [-0.15, -0.1) is 0 Å². The minimum Gasteiger partial charge on any atom is -0.469 e. The molecule has 2 heterocycles. The Morgan fingerprint density at radius 3 is 2.92 bits per heavy atom. The molecule has 3 rings (SSSR count). The maximum absolute atomic E-state index is 13.7. The molecule has 1 aliphatic heterocycles. The summed E-state index contributed by atoms with van der Waals surface area (Å²) < 4.78 is 18.6. The molecule has 0 radical (unpaired) electrons. The van der Waals surface area contributed by atoms with E-state index >= 15 is 0 Å². The Kier molecular flexibility index (Phi) is 4.39. The first-order valence-corrected chi connectivity index (χ1v) is 8.17. The van der Waals surface area contributed by atoms with Crippen LogP contribution in [0.1, 0.15) is 26.7 Å². The van der Waals surface area contributed by atoms with E-state index in [2.05, 4.69) is 14.9 Å². The lowest BCUT2D eigenvalue weighted by molar-refractivity contribution is -0.154. The largest absolute Gasteiger partial charge is 0.469 e. The number of aromatic nitrogens is 2. The SMILES string of the molecule is COC(=O)C(C)(C)C1CCCN(c2ncnc3ccc(F)cc23)C1. The van der Waals surface area contributed by atoms with E-state index in [1.807, 2.05) is 13.8 Å². The van der Waals surface area contributed by atoms with Crippen molar-refractivity contribution in [2.45, 2.75) is 26.7 Å². The van der Waals surface area contributed by atoms with Crippen molar-refractivity contribution in [1.82, 2.24) is 9.97 Å². The Morgan fingerprint density at radius 1 is 1.38 bits per heavy atom. The number of carbonyl (C=O) groups is 1. The lowest BCUT2D eigenvalue weighted by atomic mass is 9.74. The van der Waals surface area contributed by atoms with Gasteiger partial charge in [0, 0.05) is 18.5 Å². The molecule has 0 saturated carbocycles. The van der Waals surface area contributed by atoms with E-state index in [9.17, 15) is 9.18 Å². The molecule has 24 heavy (non-hydrogen) atoms. The van der Waals surface area contributed by atoms with Crippen LogP contribution < -0.4 is 4.90 Å².